The third-order valence-electron chi connectivity index (χ3n) is 4.64. The second kappa shape index (κ2) is 4.91. The lowest BCUT2D eigenvalue weighted by Gasteiger charge is -2.41. The van der Waals surface area contributed by atoms with Crippen LogP contribution in [-0.4, -0.2) is 8.32 Å². The molecular weight excluding hydrogens is 248 g/mol. The van der Waals surface area contributed by atoms with Gasteiger partial charge in [0.1, 0.15) is 0 Å². The summed E-state index contributed by atoms with van der Waals surface area (Å²) >= 11 is 0. The van der Waals surface area contributed by atoms with Gasteiger partial charge in [0.2, 0.25) is 0 Å². The Bertz CT molecular complexity index is 482. The van der Waals surface area contributed by atoms with Crippen LogP contribution in [-0.2, 0) is 4.43 Å². The van der Waals surface area contributed by atoms with Crippen molar-refractivity contribution in [3.8, 4) is 0 Å². The summed E-state index contributed by atoms with van der Waals surface area (Å²) < 4.78 is 6.62. The van der Waals surface area contributed by atoms with Gasteiger partial charge >= 0.3 is 0 Å². The molecule has 0 amide bonds. The van der Waals surface area contributed by atoms with Crippen molar-refractivity contribution >= 4 is 13.9 Å². The predicted octanol–water partition coefficient (Wildman–Crippen LogP) is 5.56. The average molecular weight is 274 g/mol. The van der Waals surface area contributed by atoms with E-state index in [1.807, 2.05) is 0 Å². The van der Waals surface area contributed by atoms with Crippen LogP contribution in [0.25, 0.3) is 5.57 Å². The van der Waals surface area contributed by atoms with Gasteiger partial charge in [-0.05, 0) is 47.7 Å². The molecule has 1 aromatic rings. The standard InChI is InChI=1S/C17H26OSi/c1-13-11-12-16(15-10-8-7-9-14(13)15)18-19(5,6)17(2,3)4/h7-10,16H,1,11-12H2,2-6H3. The molecule has 2 rings (SSSR count). The van der Waals surface area contributed by atoms with Crippen molar-refractivity contribution in [3.05, 3.63) is 42.0 Å². The van der Waals surface area contributed by atoms with Crippen molar-refractivity contribution in [2.75, 3.05) is 0 Å². The van der Waals surface area contributed by atoms with Crippen molar-refractivity contribution in [1.82, 2.24) is 0 Å². The molecule has 104 valence electrons. The smallest absolute Gasteiger partial charge is 0.192 e. The fourth-order valence-corrected chi connectivity index (χ4v) is 3.66. The van der Waals surface area contributed by atoms with E-state index in [1.54, 1.807) is 0 Å². The topological polar surface area (TPSA) is 9.23 Å². The van der Waals surface area contributed by atoms with Crippen molar-refractivity contribution in [1.29, 1.82) is 0 Å². The summed E-state index contributed by atoms with van der Waals surface area (Å²) in [6.45, 7) is 15.8. The lowest BCUT2D eigenvalue weighted by atomic mass is 9.86. The molecule has 0 saturated heterocycles. The van der Waals surface area contributed by atoms with E-state index < -0.39 is 8.32 Å². The maximum Gasteiger partial charge on any atom is 0.192 e. The summed E-state index contributed by atoms with van der Waals surface area (Å²) in [5.74, 6) is 0. The summed E-state index contributed by atoms with van der Waals surface area (Å²) in [5, 5.41) is 0.260. The van der Waals surface area contributed by atoms with Gasteiger partial charge in [-0.1, -0.05) is 51.6 Å². The van der Waals surface area contributed by atoms with Crippen molar-refractivity contribution in [2.45, 2.75) is 57.8 Å². The molecule has 1 aliphatic rings. The molecule has 2 heteroatoms. The van der Waals surface area contributed by atoms with Crippen molar-refractivity contribution in [3.63, 3.8) is 0 Å². The summed E-state index contributed by atoms with van der Waals surface area (Å²) in [7, 11) is -1.71. The minimum atomic E-state index is -1.71. The zero-order chi connectivity index (χ0) is 14.3. The van der Waals surface area contributed by atoms with Crippen LogP contribution >= 0.6 is 0 Å². The Hall–Kier alpha value is -0.863. The molecule has 1 atom stereocenters. The molecule has 0 radical (unpaired) electrons. The Balaban J connectivity index is 2.29. The number of rotatable bonds is 2. The van der Waals surface area contributed by atoms with Gasteiger partial charge in [-0.3, -0.25) is 0 Å². The first-order chi connectivity index (χ1) is 8.72. The Labute approximate surface area is 118 Å². The molecule has 0 spiro atoms. The van der Waals surface area contributed by atoms with Crippen LogP contribution in [0.1, 0.15) is 50.8 Å². The summed E-state index contributed by atoms with van der Waals surface area (Å²) in [6.07, 6.45) is 2.38. The molecule has 19 heavy (non-hydrogen) atoms. The quantitative estimate of drug-likeness (QED) is 0.642. The molecule has 0 fully saturated rings. The maximum absolute atomic E-state index is 6.62. The van der Waals surface area contributed by atoms with Gasteiger partial charge < -0.3 is 4.43 Å². The van der Waals surface area contributed by atoms with Crippen LogP contribution in [0.15, 0.2) is 30.8 Å². The van der Waals surface area contributed by atoms with Gasteiger partial charge in [0, 0.05) is 0 Å². The van der Waals surface area contributed by atoms with Crippen molar-refractivity contribution in [2.24, 2.45) is 0 Å². The third-order valence-corrected chi connectivity index (χ3v) is 9.13. The van der Waals surface area contributed by atoms with Crippen LogP contribution in [0, 0.1) is 0 Å². The molecular formula is C17H26OSi. The number of benzene rings is 1. The molecule has 1 unspecified atom stereocenters. The van der Waals surface area contributed by atoms with Gasteiger partial charge in [-0.15, -0.1) is 0 Å². The molecule has 0 N–H and O–H groups in total. The number of allylic oxidation sites excluding steroid dienone is 1. The van der Waals surface area contributed by atoms with Crippen molar-refractivity contribution < 1.29 is 4.43 Å². The van der Waals surface area contributed by atoms with Crippen LogP contribution in [0.2, 0.25) is 18.1 Å². The maximum atomic E-state index is 6.62. The molecule has 1 nitrogen and oxygen atoms in total. The van der Waals surface area contributed by atoms with Crippen LogP contribution in [0.3, 0.4) is 0 Å². The molecule has 0 saturated carbocycles. The molecule has 0 bridgehead atoms. The zero-order valence-electron chi connectivity index (χ0n) is 12.9. The Morgan fingerprint density at radius 1 is 1.21 bits per heavy atom. The van der Waals surface area contributed by atoms with Gasteiger partial charge in [-0.2, -0.15) is 0 Å². The lowest BCUT2D eigenvalue weighted by Crippen LogP contribution is -2.42. The fourth-order valence-electron chi connectivity index (χ4n) is 2.35. The van der Waals surface area contributed by atoms with Gasteiger partial charge in [0.15, 0.2) is 8.32 Å². The minimum Gasteiger partial charge on any atom is -0.410 e. The van der Waals surface area contributed by atoms with Crippen LogP contribution < -0.4 is 0 Å². The van der Waals surface area contributed by atoms with Gasteiger partial charge in [-0.25, -0.2) is 0 Å². The van der Waals surface area contributed by atoms with Gasteiger partial charge in [0.05, 0.1) is 6.10 Å². The predicted molar refractivity (Wildman–Crippen MR) is 85.7 cm³/mol. The number of fused-ring (bicyclic) bond motifs is 1. The third kappa shape index (κ3) is 2.85. The summed E-state index contributed by atoms with van der Waals surface area (Å²) in [5.41, 5.74) is 3.90. The first kappa shape index (κ1) is 14.5. The molecule has 1 aliphatic carbocycles. The highest BCUT2D eigenvalue weighted by molar-refractivity contribution is 6.74. The lowest BCUT2D eigenvalue weighted by molar-refractivity contribution is 0.172. The largest absolute Gasteiger partial charge is 0.410 e. The number of hydrogen-bond donors (Lipinski definition) is 0. The SMILES string of the molecule is C=C1CCC(O[Si](C)(C)C(C)(C)C)c2ccccc21. The molecule has 1 aromatic carbocycles. The van der Waals surface area contributed by atoms with Crippen LogP contribution in [0.5, 0.6) is 0 Å². The fraction of sp³-hybridized carbons (Fsp3) is 0.529. The highest BCUT2D eigenvalue weighted by atomic mass is 28.4. The minimum absolute atomic E-state index is 0.252. The Morgan fingerprint density at radius 2 is 1.84 bits per heavy atom. The highest BCUT2D eigenvalue weighted by Crippen LogP contribution is 2.44. The number of hydrogen-bond acceptors (Lipinski definition) is 1. The average Bonchev–Trinajstić information content (AvgIpc) is 2.32. The molecule has 0 heterocycles. The Kier molecular flexibility index (Phi) is 3.76. The monoisotopic (exact) mass is 274 g/mol. The summed E-state index contributed by atoms with van der Waals surface area (Å²) in [6, 6.07) is 8.59. The van der Waals surface area contributed by atoms with E-state index in [2.05, 4.69) is 64.7 Å². The Morgan fingerprint density at radius 3 is 2.47 bits per heavy atom. The normalized spacial score (nSPS) is 20.3. The van der Waals surface area contributed by atoms with E-state index in [0.717, 1.165) is 12.8 Å². The van der Waals surface area contributed by atoms with Crippen LogP contribution in [0.4, 0.5) is 0 Å². The van der Waals surface area contributed by atoms with Gasteiger partial charge in [0.25, 0.3) is 0 Å². The second-order valence-electron chi connectivity index (χ2n) is 7.10. The first-order valence-corrected chi connectivity index (χ1v) is 10.1. The van der Waals surface area contributed by atoms with E-state index in [-0.39, 0.29) is 11.1 Å². The highest BCUT2D eigenvalue weighted by Gasteiger charge is 2.40. The zero-order valence-corrected chi connectivity index (χ0v) is 13.9. The molecule has 0 aliphatic heterocycles. The first-order valence-electron chi connectivity index (χ1n) is 7.17. The van der Waals surface area contributed by atoms with E-state index >= 15 is 0 Å². The molecule has 0 aromatic heterocycles. The van der Waals surface area contributed by atoms with E-state index in [0.29, 0.717) is 0 Å². The van der Waals surface area contributed by atoms with E-state index in [1.165, 1.54) is 16.7 Å². The van der Waals surface area contributed by atoms with E-state index in [9.17, 15) is 0 Å². The summed E-state index contributed by atoms with van der Waals surface area (Å²) in [4.78, 5) is 0. The van der Waals surface area contributed by atoms with E-state index in [4.69, 9.17) is 4.43 Å². The second-order valence-corrected chi connectivity index (χ2v) is 11.9.